The Morgan fingerprint density at radius 3 is 3.00 bits per heavy atom. The van der Waals surface area contributed by atoms with Gasteiger partial charge in [0, 0.05) is 11.0 Å². The van der Waals surface area contributed by atoms with Crippen molar-refractivity contribution < 1.29 is 9.13 Å². The van der Waals surface area contributed by atoms with E-state index in [0.717, 1.165) is 13.0 Å². The molecule has 0 aliphatic carbocycles. The number of halogens is 2. The molecular formula is C12H13BrFN3O. The largest absolute Gasteiger partial charge is 0.483 e. The Balaban J connectivity index is 2.04. The molecule has 0 radical (unpaired) electrons. The number of hydrogen-bond acceptors (Lipinski definition) is 3. The summed E-state index contributed by atoms with van der Waals surface area (Å²) in [6.45, 7) is 3.04. The van der Waals surface area contributed by atoms with Gasteiger partial charge in [0.1, 0.15) is 12.9 Å². The zero-order valence-electron chi connectivity index (χ0n) is 9.94. The molecule has 0 saturated heterocycles. The first-order valence-electron chi connectivity index (χ1n) is 5.65. The lowest BCUT2D eigenvalue weighted by Crippen LogP contribution is -2.08. The lowest BCUT2D eigenvalue weighted by molar-refractivity contribution is 0.272. The monoisotopic (exact) mass is 313 g/mol. The van der Waals surface area contributed by atoms with Crippen molar-refractivity contribution in [3.8, 4) is 5.75 Å². The zero-order valence-corrected chi connectivity index (χ0v) is 11.5. The first-order valence-corrected chi connectivity index (χ1v) is 6.44. The van der Waals surface area contributed by atoms with Gasteiger partial charge in [-0.3, -0.25) is 0 Å². The second-order valence-corrected chi connectivity index (χ2v) is 4.68. The molecule has 0 N–H and O–H groups in total. The summed E-state index contributed by atoms with van der Waals surface area (Å²) in [6.07, 6.45) is 2.44. The molecule has 0 saturated carbocycles. The number of benzene rings is 1. The second kappa shape index (κ2) is 5.95. The molecule has 2 rings (SSSR count). The third-order valence-corrected chi connectivity index (χ3v) is 2.88. The van der Waals surface area contributed by atoms with E-state index in [9.17, 15) is 4.39 Å². The molecule has 4 nitrogen and oxygen atoms in total. The molecule has 1 aromatic carbocycles. The van der Waals surface area contributed by atoms with Gasteiger partial charge < -0.3 is 4.74 Å². The highest BCUT2D eigenvalue weighted by molar-refractivity contribution is 9.10. The Morgan fingerprint density at radius 1 is 1.44 bits per heavy atom. The quantitative estimate of drug-likeness (QED) is 0.851. The van der Waals surface area contributed by atoms with Crippen LogP contribution in [-0.4, -0.2) is 14.8 Å². The molecule has 96 valence electrons. The van der Waals surface area contributed by atoms with E-state index in [1.807, 2.05) is 0 Å². The summed E-state index contributed by atoms with van der Waals surface area (Å²) >= 11 is 3.20. The maximum Gasteiger partial charge on any atom is 0.166 e. The number of nitrogens with zero attached hydrogens (tertiary/aromatic N) is 3. The fraction of sp³-hybridized carbons (Fsp3) is 0.333. The van der Waals surface area contributed by atoms with Crippen LogP contribution in [-0.2, 0) is 13.2 Å². The van der Waals surface area contributed by atoms with Crippen LogP contribution in [0.25, 0.3) is 0 Å². The minimum atomic E-state index is -0.397. The second-order valence-electron chi connectivity index (χ2n) is 3.76. The van der Waals surface area contributed by atoms with Crippen LogP contribution in [0.4, 0.5) is 4.39 Å². The smallest absolute Gasteiger partial charge is 0.166 e. The first-order chi connectivity index (χ1) is 8.70. The highest BCUT2D eigenvalue weighted by Gasteiger charge is 2.07. The van der Waals surface area contributed by atoms with Gasteiger partial charge in [0.05, 0.1) is 0 Å². The molecule has 6 heteroatoms. The normalized spacial score (nSPS) is 10.6. The number of aryl methyl sites for hydroxylation is 1. The molecule has 0 unspecified atom stereocenters. The van der Waals surface area contributed by atoms with Crippen molar-refractivity contribution in [1.82, 2.24) is 14.8 Å². The van der Waals surface area contributed by atoms with Crippen LogP contribution in [0, 0.1) is 5.82 Å². The highest BCUT2D eigenvalue weighted by Crippen LogP contribution is 2.22. The standard InChI is InChI=1S/C12H13BrFN3O/c1-2-5-17-12(15-8-16-17)7-18-11-4-3-9(13)6-10(11)14/h3-4,6,8H,2,5,7H2,1H3. The van der Waals surface area contributed by atoms with E-state index < -0.39 is 5.82 Å². The Labute approximate surface area is 113 Å². The summed E-state index contributed by atoms with van der Waals surface area (Å²) in [5.41, 5.74) is 0. The number of rotatable bonds is 5. The van der Waals surface area contributed by atoms with Crippen molar-refractivity contribution >= 4 is 15.9 Å². The van der Waals surface area contributed by atoms with Gasteiger partial charge >= 0.3 is 0 Å². The van der Waals surface area contributed by atoms with E-state index in [4.69, 9.17) is 4.74 Å². The third-order valence-electron chi connectivity index (χ3n) is 2.38. The van der Waals surface area contributed by atoms with Crippen LogP contribution in [0.3, 0.4) is 0 Å². The van der Waals surface area contributed by atoms with Gasteiger partial charge in [0.25, 0.3) is 0 Å². The maximum absolute atomic E-state index is 13.5. The Hall–Kier alpha value is -1.43. The van der Waals surface area contributed by atoms with E-state index in [1.165, 1.54) is 12.4 Å². The van der Waals surface area contributed by atoms with E-state index in [0.29, 0.717) is 10.3 Å². The molecule has 0 bridgehead atoms. The van der Waals surface area contributed by atoms with Crippen LogP contribution in [0.2, 0.25) is 0 Å². The van der Waals surface area contributed by atoms with E-state index in [-0.39, 0.29) is 12.4 Å². The van der Waals surface area contributed by atoms with Gasteiger partial charge in [-0.25, -0.2) is 14.1 Å². The van der Waals surface area contributed by atoms with Crippen LogP contribution in [0.1, 0.15) is 19.2 Å². The molecule has 0 spiro atoms. The van der Waals surface area contributed by atoms with Gasteiger partial charge in [-0.1, -0.05) is 22.9 Å². The number of ether oxygens (including phenoxy) is 1. The van der Waals surface area contributed by atoms with Gasteiger partial charge in [-0.2, -0.15) is 5.10 Å². The van der Waals surface area contributed by atoms with Crippen molar-refractivity contribution in [2.75, 3.05) is 0 Å². The fourth-order valence-corrected chi connectivity index (χ4v) is 1.87. The molecule has 1 aromatic heterocycles. The Morgan fingerprint density at radius 2 is 2.28 bits per heavy atom. The van der Waals surface area contributed by atoms with E-state index in [2.05, 4.69) is 32.9 Å². The third kappa shape index (κ3) is 3.07. The lowest BCUT2D eigenvalue weighted by atomic mass is 10.3. The minimum absolute atomic E-state index is 0.207. The molecule has 1 heterocycles. The van der Waals surface area contributed by atoms with Crippen LogP contribution in [0.5, 0.6) is 5.75 Å². The summed E-state index contributed by atoms with van der Waals surface area (Å²) < 4.78 is 21.4. The van der Waals surface area contributed by atoms with Crippen molar-refractivity contribution in [3.05, 3.63) is 40.6 Å². The predicted molar refractivity (Wildman–Crippen MR) is 68.7 cm³/mol. The Bertz CT molecular complexity index is 530. The fourth-order valence-electron chi connectivity index (χ4n) is 1.53. The average molecular weight is 314 g/mol. The lowest BCUT2D eigenvalue weighted by Gasteiger charge is -2.08. The summed E-state index contributed by atoms with van der Waals surface area (Å²) in [7, 11) is 0. The van der Waals surface area contributed by atoms with E-state index >= 15 is 0 Å². The van der Waals surface area contributed by atoms with Gasteiger partial charge in [-0.15, -0.1) is 0 Å². The van der Waals surface area contributed by atoms with Crippen molar-refractivity contribution in [3.63, 3.8) is 0 Å². The van der Waals surface area contributed by atoms with Crippen molar-refractivity contribution in [2.45, 2.75) is 26.5 Å². The number of aromatic nitrogens is 3. The first kappa shape index (κ1) is 13.0. The van der Waals surface area contributed by atoms with Crippen LogP contribution >= 0.6 is 15.9 Å². The molecule has 0 aliphatic rings. The maximum atomic E-state index is 13.5. The van der Waals surface area contributed by atoms with E-state index in [1.54, 1.807) is 16.8 Å². The molecule has 0 fully saturated rings. The molecule has 0 amide bonds. The topological polar surface area (TPSA) is 39.9 Å². The highest BCUT2D eigenvalue weighted by atomic mass is 79.9. The van der Waals surface area contributed by atoms with Gasteiger partial charge in [-0.05, 0) is 24.6 Å². The van der Waals surface area contributed by atoms with Crippen LogP contribution < -0.4 is 4.74 Å². The summed E-state index contributed by atoms with van der Waals surface area (Å²) in [5, 5.41) is 4.08. The minimum Gasteiger partial charge on any atom is -0.483 e. The van der Waals surface area contributed by atoms with Crippen molar-refractivity contribution in [2.24, 2.45) is 0 Å². The molecule has 0 atom stereocenters. The Kier molecular flexibility index (Phi) is 4.30. The molecule has 2 aromatic rings. The molecule has 18 heavy (non-hydrogen) atoms. The van der Waals surface area contributed by atoms with Gasteiger partial charge in [0.2, 0.25) is 0 Å². The summed E-state index contributed by atoms with van der Waals surface area (Å²) in [5.74, 6) is 0.509. The summed E-state index contributed by atoms with van der Waals surface area (Å²) in [6, 6.07) is 4.68. The number of hydrogen-bond donors (Lipinski definition) is 0. The summed E-state index contributed by atoms with van der Waals surface area (Å²) in [4.78, 5) is 4.09. The van der Waals surface area contributed by atoms with Crippen molar-refractivity contribution in [1.29, 1.82) is 0 Å². The predicted octanol–water partition coefficient (Wildman–Crippen LogP) is 3.17. The molecular weight excluding hydrogens is 301 g/mol. The average Bonchev–Trinajstić information content (AvgIpc) is 2.76. The van der Waals surface area contributed by atoms with Gasteiger partial charge in [0.15, 0.2) is 17.4 Å². The SMILES string of the molecule is CCCn1ncnc1COc1ccc(Br)cc1F. The van der Waals surface area contributed by atoms with Crippen LogP contribution in [0.15, 0.2) is 29.0 Å². The molecule has 0 aliphatic heterocycles. The zero-order chi connectivity index (χ0) is 13.0.